The van der Waals surface area contributed by atoms with Crippen molar-refractivity contribution in [3.05, 3.63) is 188 Å². The van der Waals surface area contributed by atoms with Crippen LogP contribution in [0.15, 0.2) is 192 Å². The zero-order valence-electron chi connectivity index (χ0n) is 26.6. The van der Waals surface area contributed by atoms with E-state index in [4.69, 9.17) is 9.40 Å². The summed E-state index contributed by atoms with van der Waals surface area (Å²) in [4.78, 5) is 9.75. The standard InChI is InChI=1S/C45H31N3O/c1-5-16-33(17-6-1)45-46-44-41-30-39(47(35-19-7-2-8-20-35)38-26-25-32-15-13-14-18-34(32)29-38)27-28-40(41)42(31-43(44)49-45)48(36-21-9-3-10-22-36)37-23-11-4-12-24-37/h1-31H. The summed E-state index contributed by atoms with van der Waals surface area (Å²) in [6.07, 6.45) is 0. The Bertz CT molecular complexity index is 2510. The number of nitrogens with zero attached hydrogens (tertiary/aromatic N) is 3. The van der Waals surface area contributed by atoms with Crippen LogP contribution in [0.2, 0.25) is 0 Å². The van der Waals surface area contributed by atoms with Crippen molar-refractivity contribution in [1.29, 1.82) is 0 Å². The van der Waals surface area contributed by atoms with E-state index in [0.717, 1.165) is 61.6 Å². The highest BCUT2D eigenvalue weighted by molar-refractivity contribution is 6.13. The SMILES string of the molecule is c1ccc(-c2nc3c(cc(N(c4ccccc4)c4ccccc4)c4ccc(N(c5ccccc5)c5ccc6ccccc6c5)cc43)o2)cc1. The average molecular weight is 630 g/mol. The van der Waals surface area contributed by atoms with Gasteiger partial charge in [0.2, 0.25) is 5.89 Å². The molecule has 0 saturated carbocycles. The zero-order chi connectivity index (χ0) is 32.6. The number of oxazole rings is 1. The Kier molecular flexibility index (Phi) is 7.10. The van der Waals surface area contributed by atoms with Crippen molar-refractivity contribution in [1.82, 2.24) is 4.98 Å². The summed E-state index contributed by atoms with van der Waals surface area (Å²) in [5.41, 5.74) is 8.81. The van der Waals surface area contributed by atoms with Gasteiger partial charge >= 0.3 is 0 Å². The quantitative estimate of drug-likeness (QED) is 0.176. The van der Waals surface area contributed by atoms with E-state index in [2.05, 4.69) is 155 Å². The highest BCUT2D eigenvalue weighted by Gasteiger charge is 2.22. The summed E-state index contributed by atoms with van der Waals surface area (Å²) >= 11 is 0. The first kappa shape index (κ1) is 28.6. The first-order valence-corrected chi connectivity index (χ1v) is 16.5. The molecule has 0 spiro atoms. The fourth-order valence-corrected chi connectivity index (χ4v) is 6.73. The number of hydrogen-bond acceptors (Lipinski definition) is 4. The Morgan fingerprint density at radius 1 is 0.388 bits per heavy atom. The fourth-order valence-electron chi connectivity index (χ4n) is 6.73. The molecule has 0 unspecified atom stereocenters. The van der Waals surface area contributed by atoms with Gasteiger partial charge in [0.25, 0.3) is 0 Å². The lowest BCUT2D eigenvalue weighted by Crippen LogP contribution is -2.11. The number of fused-ring (bicyclic) bond motifs is 4. The summed E-state index contributed by atoms with van der Waals surface area (Å²) in [5.74, 6) is 0.597. The lowest BCUT2D eigenvalue weighted by Gasteiger charge is -2.28. The van der Waals surface area contributed by atoms with Crippen LogP contribution in [0.4, 0.5) is 34.1 Å². The highest BCUT2D eigenvalue weighted by Crippen LogP contribution is 2.45. The number of rotatable bonds is 7. The molecule has 0 atom stereocenters. The van der Waals surface area contributed by atoms with Crippen molar-refractivity contribution >= 4 is 66.8 Å². The fraction of sp³-hybridized carbons (Fsp3) is 0. The molecule has 0 aliphatic rings. The molecule has 1 heterocycles. The summed E-state index contributed by atoms with van der Waals surface area (Å²) < 4.78 is 6.59. The van der Waals surface area contributed by atoms with Crippen LogP contribution in [0.5, 0.6) is 0 Å². The largest absolute Gasteiger partial charge is 0.436 e. The number of para-hydroxylation sites is 3. The van der Waals surface area contributed by atoms with Crippen LogP contribution in [-0.4, -0.2) is 4.98 Å². The molecule has 8 aromatic carbocycles. The van der Waals surface area contributed by atoms with Gasteiger partial charge in [0.1, 0.15) is 5.52 Å². The minimum absolute atomic E-state index is 0.597. The van der Waals surface area contributed by atoms with Crippen LogP contribution >= 0.6 is 0 Å². The molecule has 0 aliphatic carbocycles. The molecule has 4 heteroatoms. The van der Waals surface area contributed by atoms with Crippen LogP contribution in [-0.2, 0) is 0 Å². The van der Waals surface area contributed by atoms with Gasteiger partial charge in [0, 0.05) is 50.8 Å². The maximum absolute atomic E-state index is 6.59. The van der Waals surface area contributed by atoms with Gasteiger partial charge in [-0.25, -0.2) is 4.98 Å². The van der Waals surface area contributed by atoms with Gasteiger partial charge in [-0.15, -0.1) is 0 Å². The molecule has 0 fully saturated rings. The molecule has 0 bridgehead atoms. The van der Waals surface area contributed by atoms with Gasteiger partial charge in [-0.1, -0.05) is 109 Å². The molecule has 9 rings (SSSR count). The predicted octanol–water partition coefficient (Wildman–Crippen LogP) is 12.7. The van der Waals surface area contributed by atoms with E-state index < -0.39 is 0 Å². The minimum Gasteiger partial charge on any atom is -0.436 e. The average Bonchev–Trinajstić information content (AvgIpc) is 3.61. The number of hydrogen-bond donors (Lipinski definition) is 0. The Hall–Kier alpha value is -6.65. The van der Waals surface area contributed by atoms with E-state index in [1.807, 2.05) is 42.5 Å². The smallest absolute Gasteiger partial charge is 0.227 e. The van der Waals surface area contributed by atoms with Crippen molar-refractivity contribution in [3.8, 4) is 11.5 Å². The molecule has 232 valence electrons. The van der Waals surface area contributed by atoms with Gasteiger partial charge in [0.15, 0.2) is 5.58 Å². The molecule has 1 aromatic heterocycles. The van der Waals surface area contributed by atoms with Crippen LogP contribution in [0.1, 0.15) is 0 Å². The second kappa shape index (κ2) is 12.2. The molecular weight excluding hydrogens is 599 g/mol. The van der Waals surface area contributed by atoms with Gasteiger partial charge < -0.3 is 14.2 Å². The number of aromatic nitrogens is 1. The molecule has 9 aromatic rings. The summed E-state index contributed by atoms with van der Waals surface area (Å²) in [6.45, 7) is 0. The van der Waals surface area contributed by atoms with Crippen molar-refractivity contribution in [2.24, 2.45) is 0 Å². The van der Waals surface area contributed by atoms with Gasteiger partial charge in [-0.05, 0) is 83.6 Å². The van der Waals surface area contributed by atoms with E-state index in [9.17, 15) is 0 Å². The van der Waals surface area contributed by atoms with E-state index in [1.165, 1.54) is 10.8 Å². The third-order valence-electron chi connectivity index (χ3n) is 9.01. The summed E-state index contributed by atoms with van der Waals surface area (Å²) in [6, 6.07) is 65.6. The summed E-state index contributed by atoms with van der Waals surface area (Å²) in [5, 5.41) is 4.48. The Morgan fingerprint density at radius 2 is 0.918 bits per heavy atom. The third-order valence-corrected chi connectivity index (χ3v) is 9.01. The Labute approximate surface area is 284 Å². The van der Waals surface area contributed by atoms with Crippen LogP contribution in [0.25, 0.3) is 44.1 Å². The molecule has 0 saturated heterocycles. The third kappa shape index (κ3) is 5.26. The van der Waals surface area contributed by atoms with Crippen LogP contribution in [0.3, 0.4) is 0 Å². The highest BCUT2D eigenvalue weighted by atomic mass is 16.3. The molecule has 4 nitrogen and oxygen atoms in total. The van der Waals surface area contributed by atoms with E-state index in [1.54, 1.807) is 0 Å². The molecule has 49 heavy (non-hydrogen) atoms. The normalized spacial score (nSPS) is 11.3. The number of anilines is 6. The van der Waals surface area contributed by atoms with Crippen LogP contribution in [0, 0.1) is 0 Å². The zero-order valence-corrected chi connectivity index (χ0v) is 26.6. The van der Waals surface area contributed by atoms with Crippen molar-refractivity contribution in [3.63, 3.8) is 0 Å². The maximum Gasteiger partial charge on any atom is 0.227 e. The second-order valence-corrected chi connectivity index (χ2v) is 12.1. The van der Waals surface area contributed by atoms with Gasteiger partial charge in [-0.2, -0.15) is 0 Å². The molecule has 0 aliphatic heterocycles. The molecular formula is C45H31N3O. The lowest BCUT2D eigenvalue weighted by atomic mass is 10.0. The minimum atomic E-state index is 0.597. The number of benzene rings is 8. The first-order chi connectivity index (χ1) is 24.3. The molecule has 0 N–H and O–H groups in total. The van der Waals surface area contributed by atoms with Crippen molar-refractivity contribution in [2.75, 3.05) is 9.80 Å². The maximum atomic E-state index is 6.59. The van der Waals surface area contributed by atoms with E-state index >= 15 is 0 Å². The monoisotopic (exact) mass is 629 g/mol. The van der Waals surface area contributed by atoms with E-state index in [-0.39, 0.29) is 0 Å². The Morgan fingerprint density at radius 3 is 1.57 bits per heavy atom. The van der Waals surface area contributed by atoms with E-state index in [0.29, 0.717) is 5.89 Å². The van der Waals surface area contributed by atoms with Crippen LogP contribution < -0.4 is 9.80 Å². The van der Waals surface area contributed by atoms with Gasteiger partial charge in [-0.3, -0.25) is 0 Å². The second-order valence-electron chi connectivity index (χ2n) is 12.1. The first-order valence-electron chi connectivity index (χ1n) is 16.5. The topological polar surface area (TPSA) is 32.5 Å². The summed E-state index contributed by atoms with van der Waals surface area (Å²) in [7, 11) is 0. The van der Waals surface area contributed by atoms with Crippen molar-refractivity contribution < 1.29 is 4.42 Å². The Balaban J connectivity index is 1.32. The molecule has 0 radical (unpaired) electrons. The predicted molar refractivity (Wildman–Crippen MR) is 204 cm³/mol. The van der Waals surface area contributed by atoms with Gasteiger partial charge in [0.05, 0.1) is 5.69 Å². The van der Waals surface area contributed by atoms with Crippen molar-refractivity contribution in [2.45, 2.75) is 0 Å². The molecule has 0 amide bonds. The lowest BCUT2D eigenvalue weighted by molar-refractivity contribution is 0.620.